The predicted molar refractivity (Wildman–Crippen MR) is 80.9 cm³/mol. The van der Waals surface area contributed by atoms with Gasteiger partial charge in [-0.05, 0) is 36.4 Å². The number of amides is 2. The van der Waals surface area contributed by atoms with Crippen molar-refractivity contribution < 1.29 is 9.21 Å². The van der Waals surface area contributed by atoms with Crippen LogP contribution in [-0.4, -0.2) is 11.0 Å². The van der Waals surface area contributed by atoms with Crippen LogP contribution < -0.4 is 16.4 Å². The molecule has 0 saturated carbocycles. The first-order valence-corrected chi connectivity index (χ1v) is 6.44. The highest BCUT2D eigenvalue weighted by molar-refractivity contribution is 6.30. The number of carbonyl (C=O) groups excluding carboxylic acids is 1. The first-order chi connectivity index (χ1) is 10.1. The molecule has 1 heterocycles. The van der Waals surface area contributed by atoms with Crippen LogP contribution in [0.15, 0.2) is 51.7 Å². The number of urea groups is 1. The zero-order chi connectivity index (χ0) is 14.8. The average Bonchev–Trinajstić information content (AvgIpc) is 2.80. The molecule has 0 aliphatic heterocycles. The molecule has 0 atom stereocenters. The molecule has 3 rings (SSSR count). The molecule has 6 nitrogen and oxygen atoms in total. The van der Waals surface area contributed by atoms with Crippen LogP contribution in [0.5, 0.6) is 0 Å². The minimum absolute atomic E-state index is 0.379. The molecule has 106 valence electrons. The molecule has 0 aliphatic rings. The Balaban J connectivity index is 1.73. The smallest absolute Gasteiger partial charge is 0.408 e. The molecule has 2 aromatic carbocycles. The van der Waals surface area contributed by atoms with Crippen molar-refractivity contribution in [2.75, 3.05) is 10.6 Å². The Morgan fingerprint density at radius 1 is 1.05 bits per heavy atom. The Morgan fingerprint density at radius 2 is 1.71 bits per heavy atom. The summed E-state index contributed by atoms with van der Waals surface area (Å²) in [7, 11) is 0. The molecule has 1 aromatic heterocycles. The van der Waals surface area contributed by atoms with E-state index in [4.69, 9.17) is 16.0 Å². The van der Waals surface area contributed by atoms with Crippen LogP contribution >= 0.6 is 11.6 Å². The van der Waals surface area contributed by atoms with Crippen molar-refractivity contribution in [2.24, 2.45) is 0 Å². The molecule has 0 fully saturated rings. The van der Waals surface area contributed by atoms with Gasteiger partial charge in [-0.25, -0.2) is 9.59 Å². The number of anilines is 2. The number of carbonyl (C=O) groups is 1. The molecule has 0 bridgehead atoms. The minimum Gasteiger partial charge on any atom is -0.408 e. The van der Waals surface area contributed by atoms with E-state index in [0.717, 1.165) is 0 Å². The number of hydrogen-bond donors (Lipinski definition) is 3. The van der Waals surface area contributed by atoms with Crippen LogP contribution in [0.3, 0.4) is 0 Å². The van der Waals surface area contributed by atoms with Crippen molar-refractivity contribution >= 4 is 40.1 Å². The normalized spacial score (nSPS) is 10.5. The summed E-state index contributed by atoms with van der Waals surface area (Å²) in [5, 5.41) is 5.90. The quantitative estimate of drug-likeness (QED) is 0.678. The molecule has 21 heavy (non-hydrogen) atoms. The van der Waals surface area contributed by atoms with E-state index in [1.807, 2.05) is 0 Å². The molecular formula is C14H10ClN3O3. The molecule has 2 amide bonds. The number of hydrogen-bond acceptors (Lipinski definition) is 3. The number of fused-ring (bicyclic) bond motifs is 1. The van der Waals surface area contributed by atoms with Crippen LogP contribution in [0, 0.1) is 0 Å². The van der Waals surface area contributed by atoms with Gasteiger partial charge < -0.3 is 15.1 Å². The maximum absolute atomic E-state index is 11.9. The van der Waals surface area contributed by atoms with Crippen LogP contribution in [0.1, 0.15) is 0 Å². The lowest BCUT2D eigenvalue weighted by Gasteiger charge is -2.07. The Kier molecular flexibility index (Phi) is 3.37. The maximum atomic E-state index is 11.9. The fourth-order valence-electron chi connectivity index (χ4n) is 1.85. The fourth-order valence-corrected chi connectivity index (χ4v) is 1.98. The molecular weight excluding hydrogens is 294 g/mol. The van der Waals surface area contributed by atoms with Gasteiger partial charge in [-0.1, -0.05) is 11.6 Å². The second-order valence-electron chi connectivity index (χ2n) is 4.31. The summed E-state index contributed by atoms with van der Waals surface area (Å²) in [5.74, 6) is -0.534. The second kappa shape index (κ2) is 5.34. The van der Waals surface area contributed by atoms with Gasteiger partial charge >= 0.3 is 11.8 Å². The molecule has 0 spiro atoms. The van der Waals surface area contributed by atoms with Gasteiger partial charge in [0.05, 0.1) is 5.52 Å². The van der Waals surface area contributed by atoms with Crippen molar-refractivity contribution in [3.8, 4) is 0 Å². The predicted octanol–water partition coefficient (Wildman–Crippen LogP) is 3.42. The highest BCUT2D eigenvalue weighted by Gasteiger charge is 2.06. The second-order valence-corrected chi connectivity index (χ2v) is 4.75. The Bertz CT molecular complexity index is 852. The third-order valence-corrected chi connectivity index (χ3v) is 3.03. The highest BCUT2D eigenvalue weighted by atomic mass is 35.5. The Hall–Kier alpha value is -2.73. The van der Waals surface area contributed by atoms with E-state index >= 15 is 0 Å². The molecule has 3 N–H and O–H groups in total. The summed E-state index contributed by atoms with van der Waals surface area (Å²) in [5.41, 5.74) is 2.08. The largest absolute Gasteiger partial charge is 0.417 e. The Labute approximate surface area is 123 Å². The number of oxazole rings is 1. The third-order valence-electron chi connectivity index (χ3n) is 2.78. The number of H-pyrrole nitrogens is 1. The average molecular weight is 304 g/mol. The van der Waals surface area contributed by atoms with Gasteiger partial charge in [0.2, 0.25) is 0 Å². The maximum Gasteiger partial charge on any atom is 0.417 e. The standard InChI is InChI=1S/C14H10ClN3O3/c15-8-1-3-9(4-2-8)16-13(19)17-10-5-6-11-12(7-10)21-14(20)18-11/h1-7H,(H,18,20)(H2,16,17,19). The zero-order valence-electron chi connectivity index (χ0n) is 10.6. The minimum atomic E-state index is -0.534. The molecule has 7 heteroatoms. The van der Waals surface area contributed by atoms with Crippen molar-refractivity contribution in [3.05, 3.63) is 58.0 Å². The van der Waals surface area contributed by atoms with Gasteiger partial charge in [0, 0.05) is 22.5 Å². The lowest BCUT2D eigenvalue weighted by atomic mass is 10.3. The first kappa shape index (κ1) is 13.3. The van der Waals surface area contributed by atoms with Gasteiger partial charge in [0.25, 0.3) is 0 Å². The number of nitrogens with one attached hydrogen (secondary N) is 3. The van der Waals surface area contributed by atoms with Gasteiger partial charge in [-0.2, -0.15) is 0 Å². The van der Waals surface area contributed by atoms with E-state index in [1.165, 1.54) is 0 Å². The third kappa shape index (κ3) is 3.06. The van der Waals surface area contributed by atoms with E-state index in [2.05, 4.69) is 15.6 Å². The summed E-state index contributed by atoms with van der Waals surface area (Å²) < 4.78 is 4.92. The topological polar surface area (TPSA) is 87.1 Å². The van der Waals surface area contributed by atoms with Gasteiger partial charge in [-0.3, -0.25) is 4.98 Å². The first-order valence-electron chi connectivity index (χ1n) is 6.06. The van der Waals surface area contributed by atoms with Crippen LogP contribution in [0.2, 0.25) is 5.02 Å². The zero-order valence-corrected chi connectivity index (χ0v) is 11.4. The lowest BCUT2D eigenvalue weighted by Crippen LogP contribution is -2.19. The van der Waals surface area contributed by atoms with Crippen molar-refractivity contribution in [1.29, 1.82) is 0 Å². The van der Waals surface area contributed by atoms with Gasteiger partial charge in [-0.15, -0.1) is 0 Å². The summed E-state index contributed by atoms with van der Waals surface area (Å²) in [4.78, 5) is 25.4. The summed E-state index contributed by atoms with van der Waals surface area (Å²) in [6, 6.07) is 11.2. The van der Waals surface area contributed by atoms with E-state index in [9.17, 15) is 9.59 Å². The number of aromatic amines is 1. The molecule has 3 aromatic rings. The summed E-state index contributed by atoms with van der Waals surface area (Å²) in [6.07, 6.45) is 0. The van der Waals surface area contributed by atoms with Crippen molar-refractivity contribution in [2.45, 2.75) is 0 Å². The van der Waals surface area contributed by atoms with Gasteiger partial charge in [0.1, 0.15) is 0 Å². The van der Waals surface area contributed by atoms with Crippen LogP contribution in [-0.2, 0) is 0 Å². The van der Waals surface area contributed by atoms with Crippen LogP contribution in [0.25, 0.3) is 11.1 Å². The number of aromatic nitrogens is 1. The van der Waals surface area contributed by atoms with Crippen molar-refractivity contribution in [1.82, 2.24) is 4.98 Å². The Morgan fingerprint density at radius 3 is 2.48 bits per heavy atom. The van der Waals surface area contributed by atoms with Gasteiger partial charge in [0.15, 0.2) is 5.58 Å². The summed E-state index contributed by atoms with van der Waals surface area (Å²) >= 11 is 5.77. The van der Waals surface area contributed by atoms with E-state index < -0.39 is 11.8 Å². The van der Waals surface area contributed by atoms with E-state index in [-0.39, 0.29) is 0 Å². The molecule has 0 radical (unpaired) electrons. The number of rotatable bonds is 2. The van der Waals surface area contributed by atoms with E-state index in [1.54, 1.807) is 42.5 Å². The molecule has 0 saturated heterocycles. The SMILES string of the molecule is O=C(Nc1ccc(Cl)cc1)Nc1ccc2[nH]c(=O)oc2c1. The van der Waals surface area contributed by atoms with E-state index in [0.29, 0.717) is 27.5 Å². The fraction of sp³-hybridized carbons (Fsp3) is 0. The number of benzene rings is 2. The molecule has 0 aliphatic carbocycles. The van der Waals surface area contributed by atoms with Crippen LogP contribution in [0.4, 0.5) is 16.2 Å². The highest BCUT2D eigenvalue weighted by Crippen LogP contribution is 2.17. The van der Waals surface area contributed by atoms with Crippen molar-refractivity contribution in [3.63, 3.8) is 0 Å². The number of halogens is 1. The molecule has 0 unspecified atom stereocenters. The lowest BCUT2D eigenvalue weighted by molar-refractivity contribution is 0.262. The monoisotopic (exact) mass is 303 g/mol. The summed E-state index contributed by atoms with van der Waals surface area (Å²) in [6.45, 7) is 0.